The minimum Gasteiger partial charge on any atom is -0.420 e. The number of nitrogens with zero attached hydrogens (tertiary/aromatic N) is 3. The Balaban J connectivity index is 1.73. The first-order valence-electron chi connectivity index (χ1n) is 6.60. The lowest BCUT2D eigenvalue weighted by atomic mass is 10.3. The monoisotopic (exact) mass is 308 g/mol. The van der Waals surface area contributed by atoms with Gasteiger partial charge in [-0.05, 0) is 29.2 Å². The molecule has 1 N–H and O–H groups in total. The number of pyridine rings is 1. The molecule has 108 valence electrons. The zero-order chi connectivity index (χ0) is 15.2. The van der Waals surface area contributed by atoms with Gasteiger partial charge in [-0.2, -0.15) is 10.2 Å². The van der Waals surface area contributed by atoms with Crippen LogP contribution in [0.15, 0.2) is 46.5 Å². The summed E-state index contributed by atoms with van der Waals surface area (Å²) in [6.45, 7) is 0.520. The molecule has 5 nitrogen and oxygen atoms in total. The van der Waals surface area contributed by atoms with Crippen LogP contribution in [0, 0.1) is 11.3 Å². The first kappa shape index (κ1) is 14.0. The summed E-state index contributed by atoms with van der Waals surface area (Å²) in [4.78, 5) is 9.29. The molecule has 0 spiro atoms. The Bertz CT molecular complexity index is 801. The van der Waals surface area contributed by atoms with E-state index < -0.39 is 0 Å². The Morgan fingerprint density at radius 1 is 1.32 bits per heavy atom. The van der Waals surface area contributed by atoms with Gasteiger partial charge >= 0.3 is 0 Å². The molecule has 0 aliphatic heterocycles. The van der Waals surface area contributed by atoms with Gasteiger partial charge in [-0.25, -0.2) is 0 Å². The molecule has 0 fully saturated rings. The van der Waals surface area contributed by atoms with Crippen molar-refractivity contribution >= 4 is 29.4 Å². The van der Waals surface area contributed by atoms with Crippen LogP contribution in [0.5, 0.6) is 0 Å². The molecule has 0 saturated heterocycles. The molecular weight excluding hydrogens is 296 g/mol. The maximum Gasteiger partial charge on any atom is 0.232 e. The lowest BCUT2D eigenvalue weighted by molar-refractivity contribution is 0.557. The van der Waals surface area contributed by atoms with Crippen molar-refractivity contribution in [2.75, 3.05) is 5.32 Å². The number of anilines is 1. The van der Waals surface area contributed by atoms with Gasteiger partial charge in [0.1, 0.15) is 6.07 Å². The predicted molar refractivity (Wildman–Crippen MR) is 86.0 cm³/mol. The van der Waals surface area contributed by atoms with Crippen molar-refractivity contribution in [2.45, 2.75) is 6.54 Å². The Kier molecular flexibility index (Phi) is 4.27. The number of oxazole rings is 1. The maximum absolute atomic E-state index is 9.13. The van der Waals surface area contributed by atoms with E-state index in [9.17, 15) is 0 Å². The van der Waals surface area contributed by atoms with Crippen molar-refractivity contribution < 1.29 is 4.42 Å². The number of rotatable bonds is 5. The summed E-state index contributed by atoms with van der Waals surface area (Å²) < 4.78 is 5.58. The Morgan fingerprint density at radius 3 is 3.00 bits per heavy atom. The lowest BCUT2D eigenvalue weighted by Gasteiger charge is -2.01. The van der Waals surface area contributed by atoms with E-state index in [-0.39, 0.29) is 5.69 Å². The van der Waals surface area contributed by atoms with Crippen LogP contribution in [0.2, 0.25) is 0 Å². The molecule has 3 aromatic heterocycles. The topological polar surface area (TPSA) is 74.7 Å². The summed E-state index contributed by atoms with van der Waals surface area (Å²) in [5.41, 5.74) is 1.24. The highest BCUT2D eigenvalue weighted by Crippen LogP contribution is 2.20. The number of thiophene rings is 1. The van der Waals surface area contributed by atoms with Crippen LogP contribution in [0.4, 0.5) is 5.88 Å². The van der Waals surface area contributed by atoms with Crippen molar-refractivity contribution in [2.24, 2.45) is 0 Å². The summed E-state index contributed by atoms with van der Waals surface area (Å²) in [7, 11) is 0. The highest BCUT2D eigenvalue weighted by Gasteiger charge is 2.11. The van der Waals surface area contributed by atoms with E-state index in [4.69, 9.17) is 9.68 Å². The van der Waals surface area contributed by atoms with Gasteiger partial charge in [-0.15, -0.1) is 11.3 Å². The molecule has 0 unspecified atom stereocenters. The van der Waals surface area contributed by atoms with Crippen molar-refractivity contribution in [1.82, 2.24) is 9.97 Å². The van der Waals surface area contributed by atoms with Crippen LogP contribution in [0.3, 0.4) is 0 Å². The molecule has 3 aromatic rings. The van der Waals surface area contributed by atoms with E-state index in [1.165, 1.54) is 0 Å². The molecule has 6 heteroatoms. The fraction of sp³-hybridized carbons (Fsp3) is 0.0625. The van der Waals surface area contributed by atoms with Crippen LogP contribution < -0.4 is 5.32 Å². The third-order valence-electron chi connectivity index (χ3n) is 2.86. The minimum atomic E-state index is 0.245. The van der Waals surface area contributed by atoms with E-state index in [0.717, 1.165) is 10.4 Å². The van der Waals surface area contributed by atoms with Gasteiger partial charge < -0.3 is 9.73 Å². The Morgan fingerprint density at radius 2 is 2.27 bits per heavy atom. The van der Waals surface area contributed by atoms with E-state index >= 15 is 0 Å². The molecule has 0 amide bonds. The smallest absolute Gasteiger partial charge is 0.232 e. The summed E-state index contributed by atoms with van der Waals surface area (Å²) >= 11 is 1.62. The van der Waals surface area contributed by atoms with E-state index in [1.807, 2.05) is 41.8 Å². The molecule has 0 aliphatic rings. The number of aromatic nitrogens is 2. The summed E-state index contributed by atoms with van der Waals surface area (Å²) in [6.07, 6.45) is 7.13. The molecule has 3 heterocycles. The Hall–Kier alpha value is -2.91. The molecule has 0 aliphatic carbocycles. The fourth-order valence-corrected chi connectivity index (χ4v) is 2.45. The van der Waals surface area contributed by atoms with Crippen LogP contribution in [0.25, 0.3) is 12.2 Å². The van der Waals surface area contributed by atoms with Gasteiger partial charge in [0, 0.05) is 29.9 Å². The maximum atomic E-state index is 9.13. The quantitative estimate of drug-likeness (QED) is 0.776. The van der Waals surface area contributed by atoms with Crippen LogP contribution in [-0.2, 0) is 6.54 Å². The van der Waals surface area contributed by atoms with Crippen LogP contribution >= 0.6 is 11.3 Å². The number of nitrogens with one attached hydrogen (secondary N) is 1. The molecule has 0 radical (unpaired) electrons. The standard InChI is InChI=1S/C16H12N4OS/c17-9-14-16(19-11-12-3-1-7-18-10-12)21-15(20-14)6-5-13-4-2-8-22-13/h1-8,10,19H,11H2. The molecule has 0 saturated carbocycles. The van der Waals surface area contributed by atoms with E-state index in [1.54, 1.807) is 29.8 Å². The molecule has 0 aromatic carbocycles. The molecule has 3 rings (SSSR count). The minimum absolute atomic E-state index is 0.245. The van der Waals surface area contributed by atoms with Gasteiger partial charge in [-0.1, -0.05) is 12.1 Å². The SMILES string of the molecule is N#Cc1nc(C=Cc2cccs2)oc1NCc1cccnc1. The average molecular weight is 308 g/mol. The second kappa shape index (κ2) is 6.70. The first-order valence-corrected chi connectivity index (χ1v) is 7.48. The number of hydrogen-bond acceptors (Lipinski definition) is 6. The number of hydrogen-bond donors (Lipinski definition) is 1. The predicted octanol–water partition coefficient (Wildman–Crippen LogP) is 3.79. The van der Waals surface area contributed by atoms with Gasteiger partial charge in [0.15, 0.2) is 0 Å². The van der Waals surface area contributed by atoms with Gasteiger partial charge in [-0.3, -0.25) is 4.98 Å². The normalized spacial score (nSPS) is 10.7. The van der Waals surface area contributed by atoms with Crippen molar-refractivity contribution in [3.63, 3.8) is 0 Å². The van der Waals surface area contributed by atoms with Gasteiger partial charge in [0.2, 0.25) is 17.5 Å². The van der Waals surface area contributed by atoms with E-state index in [0.29, 0.717) is 18.3 Å². The average Bonchev–Trinajstić information content (AvgIpc) is 3.21. The highest BCUT2D eigenvalue weighted by molar-refractivity contribution is 7.10. The fourth-order valence-electron chi connectivity index (χ4n) is 1.83. The lowest BCUT2D eigenvalue weighted by Crippen LogP contribution is -1.99. The molecular formula is C16H12N4OS. The van der Waals surface area contributed by atoms with Gasteiger partial charge in [0.05, 0.1) is 0 Å². The highest BCUT2D eigenvalue weighted by atomic mass is 32.1. The molecule has 22 heavy (non-hydrogen) atoms. The van der Waals surface area contributed by atoms with Crippen molar-refractivity contribution in [1.29, 1.82) is 5.26 Å². The zero-order valence-corrected chi connectivity index (χ0v) is 12.4. The summed E-state index contributed by atoms with van der Waals surface area (Å²) in [6, 6.07) is 9.81. The van der Waals surface area contributed by atoms with Crippen LogP contribution in [-0.4, -0.2) is 9.97 Å². The number of nitriles is 1. The largest absolute Gasteiger partial charge is 0.420 e. The first-order chi connectivity index (χ1) is 10.8. The third-order valence-corrected chi connectivity index (χ3v) is 3.70. The summed E-state index contributed by atoms with van der Waals surface area (Å²) in [5.74, 6) is 0.774. The van der Waals surface area contributed by atoms with Gasteiger partial charge in [0.25, 0.3) is 0 Å². The molecule has 0 atom stereocenters. The summed E-state index contributed by atoms with van der Waals surface area (Å²) in [5, 5.41) is 14.2. The van der Waals surface area contributed by atoms with Crippen molar-refractivity contribution in [3.05, 3.63) is 64.1 Å². The van der Waals surface area contributed by atoms with Crippen molar-refractivity contribution in [3.8, 4) is 6.07 Å². The van der Waals surface area contributed by atoms with E-state index in [2.05, 4.69) is 15.3 Å². The second-order valence-corrected chi connectivity index (χ2v) is 5.38. The zero-order valence-electron chi connectivity index (χ0n) is 11.6. The molecule has 0 bridgehead atoms. The van der Waals surface area contributed by atoms with Crippen LogP contribution in [0.1, 0.15) is 22.0 Å². The second-order valence-electron chi connectivity index (χ2n) is 4.41. The Labute approximate surface area is 131 Å². The third kappa shape index (κ3) is 3.40.